The molecule has 0 aliphatic heterocycles. The van der Waals surface area contributed by atoms with Crippen molar-refractivity contribution in [1.82, 2.24) is 4.98 Å². The van der Waals surface area contributed by atoms with Gasteiger partial charge < -0.3 is 21.5 Å². The first-order chi connectivity index (χ1) is 13.6. The van der Waals surface area contributed by atoms with Gasteiger partial charge in [-0.05, 0) is 59.7 Å². The Labute approximate surface area is 161 Å². The average Bonchev–Trinajstić information content (AvgIpc) is 2.71. The predicted molar refractivity (Wildman–Crippen MR) is 108 cm³/mol. The Morgan fingerprint density at radius 3 is 2.36 bits per heavy atom. The quantitative estimate of drug-likeness (QED) is 0.471. The number of rotatable bonds is 6. The molecule has 0 saturated heterocycles. The van der Waals surface area contributed by atoms with Crippen molar-refractivity contribution in [2.45, 2.75) is 5.92 Å². The summed E-state index contributed by atoms with van der Waals surface area (Å²) in [7, 11) is 0. The van der Waals surface area contributed by atoms with E-state index in [0.29, 0.717) is 16.9 Å². The molecule has 0 fully saturated rings. The molecule has 7 heteroatoms. The van der Waals surface area contributed by atoms with Crippen LogP contribution in [0.5, 0.6) is 0 Å². The van der Waals surface area contributed by atoms with Crippen LogP contribution < -0.4 is 10.6 Å². The third-order valence-electron chi connectivity index (χ3n) is 4.08. The Balaban J connectivity index is 1.72. The number of urea groups is 1. The summed E-state index contributed by atoms with van der Waals surface area (Å²) < 4.78 is 12.9. The molecule has 2 amide bonds. The number of nitrogens with zero attached hydrogens (tertiary/aromatic N) is 1. The van der Waals surface area contributed by atoms with Crippen molar-refractivity contribution >= 4 is 29.3 Å². The number of amides is 2. The molecule has 0 aliphatic rings. The Hall–Kier alpha value is -3.87. The van der Waals surface area contributed by atoms with Crippen LogP contribution in [0.3, 0.4) is 0 Å². The lowest BCUT2D eigenvalue weighted by Gasteiger charge is -2.15. The number of aromatic nitrogens is 1. The van der Waals surface area contributed by atoms with E-state index in [0.717, 1.165) is 5.56 Å². The Bertz CT molecular complexity index is 989. The van der Waals surface area contributed by atoms with Crippen molar-refractivity contribution in [3.8, 4) is 0 Å². The van der Waals surface area contributed by atoms with Gasteiger partial charge in [0.05, 0.1) is 11.6 Å². The minimum Gasteiger partial charge on any atom is -0.312 e. The molecule has 3 rings (SSSR count). The van der Waals surface area contributed by atoms with Crippen molar-refractivity contribution in [2.75, 3.05) is 10.6 Å². The standard InChI is InChI=1S/C21H18FN5O/c22-16-4-6-17(7-5-16)26-21(28)27-18-3-1-2-15(12-18)20(24)19(13-23)14-8-10-25-11-9-14/h1-13,19,23-24H,(H2,26,27,28). The topological polar surface area (TPSA) is 102 Å². The van der Waals surface area contributed by atoms with E-state index in [4.69, 9.17) is 10.8 Å². The lowest BCUT2D eigenvalue weighted by atomic mass is 9.91. The second-order valence-corrected chi connectivity index (χ2v) is 6.01. The van der Waals surface area contributed by atoms with Crippen LogP contribution in [-0.2, 0) is 0 Å². The van der Waals surface area contributed by atoms with Crippen molar-refractivity contribution < 1.29 is 9.18 Å². The molecule has 0 saturated carbocycles. The van der Waals surface area contributed by atoms with E-state index >= 15 is 0 Å². The fourth-order valence-corrected chi connectivity index (χ4v) is 2.69. The maximum atomic E-state index is 12.9. The van der Waals surface area contributed by atoms with Crippen molar-refractivity contribution in [1.29, 1.82) is 10.8 Å². The van der Waals surface area contributed by atoms with Crippen LogP contribution in [0.4, 0.5) is 20.6 Å². The molecule has 0 radical (unpaired) electrons. The average molecular weight is 375 g/mol. The lowest BCUT2D eigenvalue weighted by molar-refractivity contribution is 0.262. The van der Waals surface area contributed by atoms with Crippen LogP contribution in [0.15, 0.2) is 73.1 Å². The number of benzene rings is 2. The van der Waals surface area contributed by atoms with Gasteiger partial charge in [0.1, 0.15) is 5.82 Å². The first-order valence-electron chi connectivity index (χ1n) is 8.50. The zero-order valence-electron chi connectivity index (χ0n) is 14.8. The Kier molecular flexibility index (Phi) is 5.86. The van der Waals surface area contributed by atoms with Crippen LogP contribution in [0, 0.1) is 16.6 Å². The summed E-state index contributed by atoms with van der Waals surface area (Å²) in [5.41, 5.74) is 2.58. The summed E-state index contributed by atoms with van der Waals surface area (Å²) in [6.07, 6.45) is 4.45. The van der Waals surface area contributed by atoms with Crippen LogP contribution in [0.1, 0.15) is 17.0 Å². The van der Waals surface area contributed by atoms with Crippen LogP contribution in [0.25, 0.3) is 0 Å². The van der Waals surface area contributed by atoms with E-state index in [1.807, 2.05) is 0 Å². The molecule has 0 aliphatic carbocycles. The molecule has 6 nitrogen and oxygen atoms in total. The summed E-state index contributed by atoms with van der Waals surface area (Å²) in [6, 6.07) is 15.3. The largest absolute Gasteiger partial charge is 0.323 e. The Morgan fingerprint density at radius 1 is 1.00 bits per heavy atom. The highest BCUT2D eigenvalue weighted by Crippen LogP contribution is 2.21. The zero-order chi connectivity index (χ0) is 19.9. The summed E-state index contributed by atoms with van der Waals surface area (Å²) in [4.78, 5) is 16.1. The van der Waals surface area contributed by atoms with Gasteiger partial charge in [-0.15, -0.1) is 0 Å². The van der Waals surface area contributed by atoms with Gasteiger partial charge >= 0.3 is 6.03 Å². The van der Waals surface area contributed by atoms with E-state index in [1.165, 1.54) is 30.5 Å². The van der Waals surface area contributed by atoms with Gasteiger partial charge in [-0.3, -0.25) is 4.98 Å². The molecule has 1 atom stereocenters. The van der Waals surface area contributed by atoms with Crippen LogP contribution in [0.2, 0.25) is 0 Å². The van der Waals surface area contributed by atoms with Gasteiger partial charge in [0.2, 0.25) is 0 Å². The van der Waals surface area contributed by atoms with Gasteiger partial charge in [-0.2, -0.15) is 0 Å². The third kappa shape index (κ3) is 4.64. The number of halogens is 1. The normalized spacial score (nSPS) is 11.3. The Morgan fingerprint density at radius 2 is 1.68 bits per heavy atom. The second kappa shape index (κ2) is 8.68. The number of anilines is 2. The van der Waals surface area contributed by atoms with Gasteiger partial charge in [0.25, 0.3) is 0 Å². The maximum absolute atomic E-state index is 12.9. The maximum Gasteiger partial charge on any atom is 0.323 e. The van der Waals surface area contributed by atoms with Crippen LogP contribution >= 0.6 is 0 Å². The molecule has 0 spiro atoms. The third-order valence-corrected chi connectivity index (χ3v) is 4.08. The predicted octanol–water partition coefficient (Wildman–Crippen LogP) is 4.67. The summed E-state index contributed by atoms with van der Waals surface area (Å²) >= 11 is 0. The van der Waals surface area contributed by atoms with E-state index in [9.17, 15) is 9.18 Å². The first-order valence-corrected chi connectivity index (χ1v) is 8.50. The fourth-order valence-electron chi connectivity index (χ4n) is 2.69. The number of hydrogen-bond donors (Lipinski definition) is 4. The molecule has 2 aromatic carbocycles. The van der Waals surface area contributed by atoms with Crippen molar-refractivity contribution in [3.63, 3.8) is 0 Å². The summed E-state index contributed by atoms with van der Waals surface area (Å²) in [5.74, 6) is -0.890. The van der Waals surface area contributed by atoms with Crippen molar-refractivity contribution in [3.05, 3.63) is 90.0 Å². The van der Waals surface area contributed by atoms with Gasteiger partial charge in [0.15, 0.2) is 0 Å². The number of nitrogens with one attached hydrogen (secondary N) is 4. The molecular weight excluding hydrogens is 357 g/mol. The second-order valence-electron chi connectivity index (χ2n) is 6.01. The molecule has 3 aromatic rings. The molecule has 28 heavy (non-hydrogen) atoms. The number of carbonyl (C=O) groups is 1. The lowest BCUT2D eigenvalue weighted by Crippen LogP contribution is -2.20. The summed E-state index contributed by atoms with van der Waals surface area (Å²) in [5, 5.41) is 21.5. The van der Waals surface area contributed by atoms with E-state index < -0.39 is 11.9 Å². The van der Waals surface area contributed by atoms with Gasteiger partial charge in [-0.1, -0.05) is 12.1 Å². The van der Waals surface area contributed by atoms with Crippen molar-refractivity contribution in [2.24, 2.45) is 0 Å². The minimum absolute atomic E-state index is 0.240. The molecule has 0 bridgehead atoms. The SMILES string of the molecule is N=CC(C(=N)c1cccc(NC(=O)Nc2ccc(F)cc2)c1)c1ccncc1. The minimum atomic E-state index is -0.508. The van der Waals surface area contributed by atoms with E-state index in [-0.39, 0.29) is 11.5 Å². The van der Waals surface area contributed by atoms with Crippen LogP contribution in [-0.4, -0.2) is 22.9 Å². The molecule has 1 aromatic heterocycles. The molecule has 140 valence electrons. The monoisotopic (exact) mass is 375 g/mol. The smallest absolute Gasteiger partial charge is 0.312 e. The molecule has 1 heterocycles. The van der Waals surface area contributed by atoms with Gasteiger partial charge in [-0.25, -0.2) is 9.18 Å². The number of pyridine rings is 1. The molecule has 1 unspecified atom stereocenters. The molecule has 4 N–H and O–H groups in total. The highest BCUT2D eigenvalue weighted by atomic mass is 19.1. The fraction of sp³-hybridized carbons (Fsp3) is 0.0476. The highest BCUT2D eigenvalue weighted by molar-refractivity contribution is 6.12. The number of carbonyl (C=O) groups excluding carboxylic acids is 1. The van der Waals surface area contributed by atoms with E-state index in [2.05, 4.69) is 15.6 Å². The highest BCUT2D eigenvalue weighted by Gasteiger charge is 2.16. The summed E-state index contributed by atoms with van der Waals surface area (Å²) in [6.45, 7) is 0. The zero-order valence-corrected chi connectivity index (χ0v) is 14.8. The first kappa shape index (κ1) is 18.9. The van der Waals surface area contributed by atoms with E-state index in [1.54, 1.807) is 48.8 Å². The number of hydrogen-bond acceptors (Lipinski definition) is 4. The molecular formula is C21H18FN5O. The van der Waals surface area contributed by atoms with Gasteiger partial charge in [0, 0.05) is 30.0 Å².